The van der Waals surface area contributed by atoms with Crippen LogP contribution in [0.4, 0.5) is 0 Å². The number of hydrogen-bond donors (Lipinski definition) is 1. The van der Waals surface area contributed by atoms with E-state index in [1.165, 1.54) is 6.92 Å². The molecule has 2 N–H and O–H groups in total. The third-order valence-electron chi connectivity index (χ3n) is 1.87. The first-order valence-electron chi connectivity index (χ1n) is 2.90. The molecule has 1 atom stereocenters. The molecule has 0 heterocycles. The van der Waals surface area contributed by atoms with Gasteiger partial charge in [0.1, 0.15) is 5.54 Å². The Morgan fingerprint density at radius 1 is 1.78 bits per heavy atom. The van der Waals surface area contributed by atoms with Gasteiger partial charge in [-0.15, -0.1) is 0 Å². The second kappa shape index (κ2) is 1.64. The highest BCUT2D eigenvalue weighted by Crippen LogP contribution is 2.25. The van der Waals surface area contributed by atoms with Crippen LogP contribution >= 0.6 is 0 Å². The molecule has 0 aromatic rings. The maximum Gasteiger partial charge on any atom is 0.160 e. The fourth-order valence-electron chi connectivity index (χ4n) is 0.869. The molecule has 3 nitrogen and oxygen atoms in total. The van der Waals surface area contributed by atoms with Gasteiger partial charge >= 0.3 is 0 Å². The van der Waals surface area contributed by atoms with Crippen molar-refractivity contribution in [3.05, 3.63) is 0 Å². The summed E-state index contributed by atoms with van der Waals surface area (Å²) in [4.78, 5) is 21.3. The standard InChI is InChI=1S/C6H9NO2/c1-4(8)6(7)3-2-5(6)9/h2-3,7H2,1H3/t6-/m1/s1. The monoisotopic (exact) mass is 127 g/mol. The normalized spacial score (nSPS) is 33.8. The summed E-state index contributed by atoms with van der Waals surface area (Å²) < 4.78 is 0. The molecule has 3 heteroatoms. The van der Waals surface area contributed by atoms with Gasteiger partial charge in [-0.3, -0.25) is 9.59 Å². The second-order valence-electron chi connectivity index (χ2n) is 2.45. The van der Waals surface area contributed by atoms with Crippen LogP contribution in [0.3, 0.4) is 0 Å². The minimum Gasteiger partial charge on any atom is -0.313 e. The summed E-state index contributed by atoms with van der Waals surface area (Å²) in [5.41, 5.74) is 4.29. The van der Waals surface area contributed by atoms with E-state index in [1.54, 1.807) is 0 Å². The van der Waals surface area contributed by atoms with E-state index in [-0.39, 0.29) is 11.6 Å². The molecule has 1 fully saturated rings. The first-order valence-corrected chi connectivity index (χ1v) is 2.90. The van der Waals surface area contributed by atoms with Gasteiger partial charge in [-0.1, -0.05) is 0 Å². The molecule has 0 amide bonds. The molecule has 1 aliphatic carbocycles. The van der Waals surface area contributed by atoms with Gasteiger partial charge in [-0.2, -0.15) is 0 Å². The molecule has 1 rings (SSSR count). The van der Waals surface area contributed by atoms with Gasteiger partial charge in [0.25, 0.3) is 0 Å². The van der Waals surface area contributed by atoms with Crippen LogP contribution in [0.5, 0.6) is 0 Å². The van der Waals surface area contributed by atoms with Gasteiger partial charge < -0.3 is 5.73 Å². The third-order valence-corrected chi connectivity index (χ3v) is 1.87. The van der Waals surface area contributed by atoms with E-state index < -0.39 is 5.54 Å². The molecular formula is C6H9NO2. The molecule has 0 bridgehead atoms. The molecule has 0 unspecified atom stereocenters. The van der Waals surface area contributed by atoms with Crippen molar-refractivity contribution in [2.24, 2.45) is 5.73 Å². The zero-order valence-electron chi connectivity index (χ0n) is 5.31. The highest BCUT2D eigenvalue weighted by Gasteiger charge is 2.46. The van der Waals surface area contributed by atoms with E-state index in [0.29, 0.717) is 12.8 Å². The summed E-state index contributed by atoms with van der Waals surface area (Å²) in [6.45, 7) is 1.36. The lowest BCUT2D eigenvalue weighted by atomic mass is 9.74. The molecule has 0 radical (unpaired) electrons. The molecule has 0 spiro atoms. The Hall–Kier alpha value is -0.700. The van der Waals surface area contributed by atoms with Gasteiger partial charge in [-0.25, -0.2) is 0 Å². The van der Waals surface area contributed by atoms with Crippen molar-refractivity contribution >= 4 is 11.6 Å². The summed E-state index contributed by atoms with van der Waals surface area (Å²) in [7, 11) is 0. The van der Waals surface area contributed by atoms with E-state index in [1.807, 2.05) is 0 Å². The van der Waals surface area contributed by atoms with Crippen molar-refractivity contribution in [3.63, 3.8) is 0 Å². The molecule has 1 aliphatic rings. The van der Waals surface area contributed by atoms with Crippen molar-refractivity contribution in [2.75, 3.05) is 0 Å². The molecule has 0 aromatic heterocycles. The molecule has 0 saturated heterocycles. The summed E-state index contributed by atoms with van der Waals surface area (Å²) in [6.07, 6.45) is 0.997. The van der Waals surface area contributed by atoms with E-state index in [0.717, 1.165) is 0 Å². The van der Waals surface area contributed by atoms with Crippen molar-refractivity contribution in [2.45, 2.75) is 25.3 Å². The summed E-state index contributed by atoms with van der Waals surface area (Å²) in [5, 5.41) is 0. The number of hydrogen-bond acceptors (Lipinski definition) is 3. The smallest absolute Gasteiger partial charge is 0.160 e. The maximum atomic E-state index is 10.6. The van der Waals surface area contributed by atoms with E-state index in [4.69, 9.17) is 5.73 Å². The molecule has 0 aliphatic heterocycles. The third kappa shape index (κ3) is 0.685. The molecule has 1 saturated carbocycles. The molecule has 0 aromatic carbocycles. The average molecular weight is 127 g/mol. The highest BCUT2D eigenvalue weighted by atomic mass is 16.2. The van der Waals surface area contributed by atoms with Gasteiger partial charge in [0.05, 0.1) is 0 Å². The molecular weight excluding hydrogens is 118 g/mol. The minimum atomic E-state index is -1.10. The number of ketones is 2. The first kappa shape index (κ1) is 6.42. The van der Waals surface area contributed by atoms with Crippen LogP contribution in [0.2, 0.25) is 0 Å². The van der Waals surface area contributed by atoms with Crippen LogP contribution in [0, 0.1) is 0 Å². The fourth-order valence-corrected chi connectivity index (χ4v) is 0.869. The van der Waals surface area contributed by atoms with Gasteiger partial charge in [0, 0.05) is 6.42 Å². The van der Waals surface area contributed by atoms with Gasteiger partial charge in [0.2, 0.25) is 0 Å². The lowest BCUT2D eigenvalue weighted by molar-refractivity contribution is -0.139. The number of carbonyl (C=O) groups is 2. The quantitative estimate of drug-likeness (QED) is 0.489. The molecule has 9 heavy (non-hydrogen) atoms. The Bertz CT molecular complexity index is 166. The number of rotatable bonds is 1. The Kier molecular flexibility index (Phi) is 1.17. The van der Waals surface area contributed by atoms with E-state index >= 15 is 0 Å². The maximum absolute atomic E-state index is 10.6. The van der Waals surface area contributed by atoms with Crippen molar-refractivity contribution in [1.82, 2.24) is 0 Å². The lowest BCUT2D eigenvalue weighted by Crippen LogP contribution is -2.60. The SMILES string of the molecule is CC(=O)[C@]1(N)CCC1=O. The number of nitrogens with two attached hydrogens (primary N) is 1. The minimum absolute atomic E-state index is 0.116. The van der Waals surface area contributed by atoms with Gasteiger partial charge in [-0.05, 0) is 13.3 Å². The Balaban J connectivity index is 2.76. The lowest BCUT2D eigenvalue weighted by Gasteiger charge is -2.32. The predicted molar refractivity (Wildman–Crippen MR) is 31.8 cm³/mol. The van der Waals surface area contributed by atoms with Crippen molar-refractivity contribution in [3.8, 4) is 0 Å². The van der Waals surface area contributed by atoms with Crippen LogP contribution in [0.25, 0.3) is 0 Å². The van der Waals surface area contributed by atoms with Crippen LogP contribution < -0.4 is 5.73 Å². The van der Waals surface area contributed by atoms with E-state index in [2.05, 4.69) is 0 Å². The average Bonchev–Trinajstić information content (AvgIpc) is 1.82. The van der Waals surface area contributed by atoms with Crippen LogP contribution in [-0.4, -0.2) is 17.1 Å². The zero-order valence-corrected chi connectivity index (χ0v) is 5.31. The summed E-state index contributed by atoms with van der Waals surface area (Å²) in [5.74, 6) is -0.325. The number of carbonyl (C=O) groups excluding carboxylic acids is 2. The zero-order chi connectivity index (χ0) is 7.07. The Morgan fingerprint density at radius 3 is 2.33 bits per heavy atom. The largest absolute Gasteiger partial charge is 0.313 e. The number of Topliss-reactive ketones (excluding diaryl/α,β-unsaturated/α-hetero) is 2. The van der Waals surface area contributed by atoms with Crippen molar-refractivity contribution < 1.29 is 9.59 Å². The fraction of sp³-hybridized carbons (Fsp3) is 0.667. The van der Waals surface area contributed by atoms with Crippen molar-refractivity contribution in [1.29, 1.82) is 0 Å². The highest BCUT2D eigenvalue weighted by molar-refractivity contribution is 6.14. The second-order valence-corrected chi connectivity index (χ2v) is 2.45. The van der Waals surface area contributed by atoms with Crippen LogP contribution in [0.15, 0.2) is 0 Å². The molecule has 50 valence electrons. The van der Waals surface area contributed by atoms with Crippen LogP contribution in [-0.2, 0) is 9.59 Å². The Morgan fingerprint density at radius 2 is 2.33 bits per heavy atom. The summed E-state index contributed by atoms with van der Waals surface area (Å²) >= 11 is 0. The Labute approximate surface area is 53.2 Å². The van der Waals surface area contributed by atoms with Crippen LogP contribution in [0.1, 0.15) is 19.8 Å². The topological polar surface area (TPSA) is 60.2 Å². The van der Waals surface area contributed by atoms with E-state index in [9.17, 15) is 9.59 Å². The summed E-state index contributed by atoms with van der Waals surface area (Å²) in [6, 6.07) is 0. The van der Waals surface area contributed by atoms with Gasteiger partial charge in [0.15, 0.2) is 11.6 Å². The predicted octanol–water partition coefficient (Wildman–Crippen LogP) is -0.364. The first-order chi connectivity index (χ1) is 4.07.